The number of rotatable bonds is 1. The largest absolute Gasteiger partial charge is 0.481 e. The molecule has 3 heteroatoms. The van der Waals surface area contributed by atoms with Gasteiger partial charge in [0.05, 0.1) is 19.1 Å². The minimum atomic E-state index is -0.583. The molecule has 3 aliphatic rings. The molecule has 2 atom stereocenters. The minimum Gasteiger partial charge on any atom is -0.481 e. The predicted molar refractivity (Wildman–Crippen MR) is 40.6 cm³/mol. The second kappa shape index (κ2) is 1.84. The van der Waals surface area contributed by atoms with Crippen LogP contribution >= 0.6 is 0 Å². The Kier molecular flexibility index (Phi) is 1.06. The van der Waals surface area contributed by atoms with Crippen molar-refractivity contribution in [2.24, 2.45) is 23.2 Å². The van der Waals surface area contributed by atoms with Crippen molar-refractivity contribution in [2.75, 3.05) is 13.2 Å². The van der Waals surface area contributed by atoms with Gasteiger partial charge in [-0.05, 0) is 24.7 Å². The number of hydrogen-bond acceptors (Lipinski definition) is 2. The van der Waals surface area contributed by atoms with E-state index in [1.807, 2.05) is 0 Å². The van der Waals surface area contributed by atoms with Crippen LogP contribution in [-0.2, 0) is 9.53 Å². The zero-order valence-corrected chi connectivity index (χ0v) is 6.82. The summed E-state index contributed by atoms with van der Waals surface area (Å²) in [6.07, 6.45) is 2.21. The molecule has 1 heterocycles. The summed E-state index contributed by atoms with van der Waals surface area (Å²) in [7, 11) is 0. The molecule has 3 rings (SSSR count). The second-order valence-corrected chi connectivity index (χ2v) is 4.59. The van der Waals surface area contributed by atoms with E-state index in [9.17, 15) is 4.79 Å². The highest BCUT2D eigenvalue weighted by Crippen LogP contribution is 2.65. The molecule has 1 saturated heterocycles. The molecule has 3 fully saturated rings. The average Bonchev–Trinajstić information content (AvgIpc) is 2.46. The fourth-order valence-corrected chi connectivity index (χ4v) is 3.08. The van der Waals surface area contributed by atoms with Crippen LogP contribution in [0.3, 0.4) is 0 Å². The quantitative estimate of drug-likeness (QED) is 0.628. The highest BCUT2D eigenvalue weighted by molar-refractivity contribution is 5.74. The zero-order valence-electron chi connectivity index (χ0n) is 6.82. The Bertz CT molecular complexity index is 230. The molecule has 0 bridgehead atoms. The molecule has 1 aliphatic heterocycles. The summed E-state index contributed by atoms with van der Waals surface area (Å²) in [5.74, 6) is 0.397. The van der Waals surface area contributed by atoms with Gasteiger partial charge in [0.15, 0.2) is 0 Å². The summed E-state index contributed by atoms with van der Waals surface area (Å²) in [4.78, 5) is 10.7. The predicted octanol–water partition coefficient (Wildman–Crippen LogP) is 0.744. The Morgan fingerprint density at radius 3 is 2.25 bits per heavy atom. The van der Waals surface area contributed by atoms with E-state index < -0.39 is 5.97 Å². The van der Waals surface area contributed by atoms with E-state index in [2.05, 4.69) is 0 Å². The number of aliphatic carboxylic acids is 1. The lowest BCUT2D eigenvalue weighted by molar-refractivity contribution is -0.143. The summed E-state index contributed by atoms with van der Waals surface area (Å²) in [5.41, 5.74) is 0.418. The van der Waals surface area contributed by atoms with E-state index in [1.54, 1.807) is 0 Å². The van der Waals surface area contributed by atoms with Crippen molar-refractivity contribution in [2.45, 2.75) is 12.8 Å². The third-order valence-corrected chi connectivity index (χ3v) is 3.77. The van der Waals surface area contributed by atoms with Gasteiger partial charge in [0, 0.05) is 5.41 Å². The minimum absolute atomic E-state index is 0.00350. The molecule has 1 spiro atoms. The van der Waals surface area contributed by atoms with E-state index in [-0.39, 0.29) is 5.92 Å². The molecule has 3 nitrogen and oxygen atoms in total. The molecule has 12 heavy (non-hydrogen) atoms. The topological polar surface area (TPSA) is 46.5 Å². The Morgan fingerprint density at radius 2 is 1.92 bits per heavy atom. The molecular formula is C9H12O3. The summed E-state index contributed by atoms with van der Waals surface area (Å²) in [6, 6.07) is 0. The molecular weight excluding hydrogens is 156 g/mol. The van der Waals surface area contributed by atoms with Gasteiger partial charge in [-0.25, -0.2) is 0 Å². The van der Waals surface area contributed by atoms with Gasteiger partial charge >= 0.3 is 5.97 Å². The van der Waals surface area contributed by atoms with Crippen LogP contribution < -0.4 is 0 Å². The molecule has 0 aromatic heterocycles. The maximum atomic E-state index is 10.7. The Balaban J connectivity index is 1.69. The maximum absolute atomic E-state index is 10.7. The number of ether oxygens (including phenoxy) is 1. The van der Waals surface area contributed by atoms with E-state index in [4.69, 9.17) is 9.84 Å². The monoisotopic (exact) mass is 168 g/mol. The lowest BCUT2D eigenvalue weighted by Crippen LogP contribution is -2.41. The van der Waals surface area contributed by atoms with E-state index in [0.29, 0.717) is 17.3 Å². The van der Waals surface area contributed by atoms with Gasteiger partial charge in [-0.1, -0.05) is 0 Å². The number of hydrogen-bond donors (Lipinski definition) is 1. The van der Waals surface area contributed by atoms with Crippen molar-refractivity contribution in [1.82, 2.24) is 0 Å². The molecule has 66 valence electrons. The third-order valence-electron chi connectivity index (χ3n) is 3.77. The van der Waals surface area contributed by atoms with Crippen LogP contribution in [0.1, 0.15) is 12.8 Å². The van der Waals surface area contributed by atoms with E-state index >= 15 is 0 Å². The lowest BCUT2D eigenvalue weighted by atomic mass is 9.80. The van der Waals surface area contributed by atoms with E-state index in [1.165, 1.54) is 0 Å². The van der Waals surface area contributed by atoms with Gasteiger partial charge in [-0.15, -0.1) is 0 Å². The molecule has 2 aliphatic carbocycles. The first-order valence-electron chi connectivity index (χ1n) is 4.52. The van der Waals surface area contributed by atoms with Crippen LogP contribution in [0, 0.1) is 23.2 Å². The normalized spacial score (nSPS) is 46.8. The summed E-state index contributed by atoms with van der Waals surface area (Å²) in [5, 5.41) is 8.79. The fourth-order valence-electron chi connectivity index (χ4n) is 3.08. The SMILES string of the molecule is O=C(O)C1[C@@H]2CC3(COC3)C[C@@H]12. The van der Waals surface area contributed by atoms with Crippen LogP contribution in [-0.4, -0.2) is 24.3 Å². The van der Waals surface area contributed by atoms with Crippen molar-refractivity contribution in [1.29, 1.82) is 0 Å². The van der Waals surface area contributed by atoms with Gasteiger partial charge in [0.2, 0.25) is 0 Å². The van der Waals surface area contributed by atoms with Crippen LogP contribution in [0.15, 0.2) is 0 Å². The van der Waals surface area contributed by atoms with Gasteiger partial charge in [0.25, 0.3) is 0 Å². The van der Waals surface area contributed by atoms with Crippen LogP contribution in [0.25, 0.3) is 0 Å². The van der Waals surface area contributed by atoms with Gasteiger partial charge < -0.3 is 9.84 Å². The first kappa shape index (κ1) is 6.89. The van der Waals surface area contributed by atoms with Crippen LogP contribution in [0.5, 0.6) is 0 Å². The number of carbonyl (C=O) groups is 1. The first-order chi connectivity index (χ1) is 5.72. The second-order valence-electron chi connectivity index (χ2n) is 4.59. The number of carboxylic acids is 1. The van der Waals surface area contributed by atoms with Crippen molar-refractivity contribution >= 4 is 5.97 Å². The maximum Gasteiger partial charge on any atom is 0.307 e. The molecule has 0 radical (unpaired) electrons. The van der Waals surface area contributed by atoms with Crippen molar-refractivity contribution in [3.8, 4) is 0 Å². The summed E-state index contributed by atoms with van der Waals surface area (Å²) < 4.78 is 5.18. The third kappa shape index (κ3) is 0.678. The van der Waals surface area contributed by atoms with E-state index in [0.717, 1.165) is 26.1 Å². The van der Waals surface area contributed by atoms with Gasteiger partial charge in [0.1, 0.15) is 0 Å². The Morgan fingerprint density at radius 1 is 1.33 bits per heavy atom. The smallest absolute Gasteiger partial charge is 0.307 e. The van der Waals surface area contributed by atoms with Crippen LogP contribution in [0.2, 0.25) is 0 Å². The standard InChI is InChI=1S/C9H12O3/c10-8(11)7-5-1-9(2-6(5)7)3-12-4-9/h5-7H,1-4H2,(H,10,11)/t5-,6-/m1/s1. The van der Waals surface area contributed by atoms with Crippen molar-refractivity contribution in [3.63, 3.8) is 0 Å². The molecule has 2 saturated carbocycles. The molecule has 0 amide bonds. The van der Waals surface area contributed by atoms with Crippen molar-refractivity contribution in [3.05, 3.63) is 0 Å². The van der Waals surface area contributed by atoms with Crippen molar-refractivity contribution < 1.29 is 14.6 Å². The highest BCUT2D eigenvalue weighted by Gasteiger charge is 2.66. The van der Waals surface area contributed by atoms with Gasteiger partial charge in [-0.2, -0.15) is 0 Å². The lowest BCUT2D eigenvalue weighted by Gasteiger charge is -2.39. The Hall–Kier alpha value is -0.570. The number of fused-ring (bicyclic) bond motifs is 1. The zero-order chi connectivity index (χ0) is 8.34. The molecule has 0 unspecified atom stereocenters. The first-order valence-corrected chi connectivity index (χ1v) is 4.52. The van der Waals surface area contributed by atoms with Crippen LogP contribution in [0.4, 0.5) is 0 Å². The molecule has 1 N–H and O–H groups in total. The fraction of sp³-hybridized carbons (Fsp3) is 0.889. The summed E-state index contributed by atoms with van der Waals surface area (Å²) >= 11 is 0. The molecule has 0 aromatic carbocycles. The number of carboxylic acid groups (broad SMARTS) is 1. The van der Waals surface area contributed by atoms with Gasteiger partial charge in [-0.3, -0.25) is 4.79 Å². The summed E-state index contributed by atoms with van der Waals surface area (Å²) in [6.45, 7) is 1.76. The molecule has 0 aromatic rings. The highest BCUT2D eigenvalue weighted by atomic mass is 16.5. The average molecular weight is 168 g/mol. The Labute approximate surface area is 70.7 Å².